The van der Waals surface area contributed by atoms with E-state index in [0.29, 0.717) is 24.7 Å². The van der Waals surface area contributed by atoms with Gasteiger partial charge < -0.3 is 29.2 Å². The second kappa shape index (κ2) is 11.2. The lowest BCUT2D eigenvalue weighted by Crippen LogP contribution is -2.21. The monoisotopic (exact) mass is 404 g/mol. The van der Waals surface area contributed by atoms with Gasteiger partial charge in [-0.25, -0.2) is 0 Å². The Morgan fingerprint density at radius 2 is 1.03 bits per heavy atom. The molecule has 0 amide bonds. The van der Waals surface area contributed by atoms with E-state index in [1.54, 1.807) is 0 Å². The van der Waals surface area contributed by atoms with Crippen LogP contribution in [0, 0.1) is 0 Å². The minimum Gasteiger partial charge on any atom is -0.488 e. The molecule has 160 valence electrons. The minimum atomic E-state index is -0.925. The van der Waals surface area contributed by atoms with E-state index in [2.05, 4.69) is 13.8 Å². The molecule has 0 aliphatic carbocycles. The minimum absolute atomic E-state index is 0.0933. The topological polar surface area (TPSA) is 77.4 Å². The second-order valence-electron chi connectivity index (χ2n) is 7.12. The Morgan fingerprint density at radius 3 is 1.34 bits per heavy atom. The van der Waals surface area contributed by atoms with Crippen molar-refractivity contribution in [1.82, 2.24) is 0 Å². The molecule has 6 heteroatoms. The Balaban J connectivity index is 1.98. The summed E-state index contributed by atoms with van der Waals surface area (Å²) in [7, 11) is 0. The van der Waals surface area contributed by atoms with Gasteiger partial charge in [0.15, 0.2) is 12.6 Å². The Hall–Kier alpha value is -2.12. The highest BCUT2D eigenvalue weighted by Crippen LogP contribution is 2.33. The molecule has 2 aromatic rings. The second-order valence-corrected chi connectivity index (χ2v) is 7.12. The van der Waals surface area contributed by atoms with Gasteiger partial charge in [-0.3, -0.25) is 0 Å². The number of ether oxygens (including phenoxy) is 4. The van der Waals surface area contributed by atoms with Gasteiger partial charge in [-0.15, -0.1) is 0 Å². The molecule has 2 unspecified atom stereocenters. The van der Waals surface area contributed by atoms with Crippen molar-refractivity contribution in [1.29, 1.82) is 0 Å². The van der Waals surface area contributed by atoms with Gasteiger partial charge >= 0.3 is 0 Å². The number of benzene rings is 2. The van der Waals surface area contributed by atoms with E-state index in [9.17, 15) is 10.2 Å². The van der Waals surface area contributed by atoms with Crippen molar-refractivity contribution in [3.63, 3.8) is 0 Å². The standard InChI is InChI=1S/C23H32O6/c1-5-26-21(24)15-28-19-11-7-17(8-12-19)23(3,4)18-9-13-20(14-10-18)29-16-22(25)27-6-2/h7-14,21-22,24-25H,5-6,15-16H2,1-4H3. The lowest BCUT2D eigenvalue weighted by atomic mass is 9.78. The number of rotatable bonds is 12. The van der Waals surface area contributed by atoms with Crippen LogP contribution in [0.5, 0.6) is 11.5 Å². The number of hydrogen-bond donors (Lipinski definition) is 2. The van der Waals surface area contributed by atoms with E-state index in [0.717, 1.165) is 11.1 Å². The summed E-state index contributed by atoms with van der Waals surface area (Å²) in [4.78, 5) is 0. The molecule has 0 aliphatic rings. The first-order valence-electron chi connectivity index (χ1n) is 9.92. The van der Waals surface area contributed by atoms with Crippen LogP contribution in [0.2, 0.25) is 0 Å². The fourth-order valence-electron chi connectivity index (χ4n) is 2.92. The Bertz CT molecular complexity index is 650. The summed E-state index contributed by atoms with van der Waals surface area (Å²) in [6.45, 7) is 9.01. The predicted octanol–water partition coefficient (Wildman–Crippen LogP) is 3.48. The fraction of sp³-hybridized carbons (Fsp3) is 0.478. The zero-order valence-electron chi connectivity index (χ0n) is 17.6. The smallest absolute Gasteiger partial charge is 0.189 e. The molecule has 0 bridgehead atoms. The van der Waals surface area contributed by atoms with E-state index >= 15 is 0 Å². The third kappa shape index (κ3) is 7.01. The van der Waals surface area contributed by atoms with Crippen molar-refractivity contribution < 1.29 is 29.2 Å². The first-order valence-corrected chi connectivity index (χ1v) is 9.92. The van der Waals surface area contributed by atoms with E-state index < -0.39 is 12.6 Å². The summed E-state index contributed by atoms with van der Waals surface area (Å²) in [5.74, 6) is 1.36. The van der Waals surface area contributed by atoms with Gasteiger partial charge in [0.2, 0.25) is 0 Å². The third-order valence-electron chi connectivity index (χ3n) is 4.66. The van der Waals surface area contributed by atoms with Crippen molar-refractivity contribution in [3.05, 3.63) is 59.7 Å². The molecule has 29 heavy (non-hydrogen) atoms. The Kier molecular flexibility index (Phi) is 8.92. The molecule has 2 N–H and O–H groups in total. The van der Waals surface area contributed by atoms with Gasteiger partial charge in [-0.2, -0.15) is 0 Å². The number of aliphatic hydroxyl groups is 2. The molecule has 0 heterocycles. The van der Waals surface area contributed by atoms with Gasteiger partial charge in [0.25, 0.3) is 0 Å². The molecule has 0 saturated carbocycles. The van der Waals surface area contributed by atoms with Crippen LogP contribution >= 0.6 is 0 Å². The lowest BCUT2D eigenvalue weighted by molar-refractivity contribution is -0.115. The van der Waals surface area contributed by atoms with Crippen LogP contribution in [0.15, 0.2) is 48.5 Å². The molecular weight excluding hydrogens is 372 g/mol. The van der Waals surface area contributed by atoms with Crippen molar-refractivity contribution >= 4 is 0 Å². The van der Waals surface area contributed by atoms with E-state index in [4.69, 9.17) is 18.9 Å². The summed E-state index contributed by atoms with van der Waals surface area (Å²) in [6.07, 6.45) is -1.85. The lowest BCUT2D eigenvalue weighted by Gasteiger charge is -2.26. The summed E-state index contributed by atoms with van der Waals surface area (Å²) in [5.41, 5.74) is 2.05. The maximum atomic E-state index is 9.58. The Labute approximate surface area is 173 Å². The summed E-state index contributed by atoms with van der Waals surface area (Å²) in [6, 6.07) is 15.6. The maximum absolute atomic E-state index is 9.58. The van der Waals surface area contributed by atoms with Crippen molar-refractivity contribution in [2.45, 2.75) is 45.7 Å². The number of hydrogen-bond acceptors (Lipinski definition) is 6. The Morgan fingerprint density at radius 1 is 0.690 bits per heavy atom. The zero-order valence-corrected chi connectivity index (χ0v) is 17.6. The highest BCUT2D eigenvalue weighted by molar-refractivity contribution is 5.41. The molecular formula is C23H32O6. The van der Waals surface area contributed by atoms with Gasteiger partial charge in [-0.1, -0.05) is 38.1 Å². The van der Waals surface area contributed by atoms with Crippen molar-refractivity contribution in [2.75, 3.05) is 26.4 Å². The first kappa shape index (κ1) is 23.2. The normalized spacial score (nSPS) is 13.7. The SMILES string of the molecule is CCOC(O)COc1ccc(C(C)(C)c2ccc(OCC(O)OCC)cc2)cc1. The van der Waals surface area contributed by atoms with Crippen LogP contribution in [-0.2, 0) is 14.9 Å². The molecule has 0 aliphatic heterocycles. The molecule has 0 spiro atoms. The molecule has 2 rings (SSSR count). The molecule has 0 aromatic heterocycles. The first-order chi connectivity index (χ1) is 13.9. The predicted molar refractivity (Wildman–Crippen MR) is 111 cm³/mol. The molecule has 0 saturated heterocycles. The van der Waals surface area contributed by atoms with Crippen LogP contribution in [0.4, 0.5) is 0 Å². The molecule has 0 radical (unpaired) electrons. The molecule has 2 atom stereocenters. The summed E-state index contributed by atoms with van der Waals surface area (Å²) in [5, 5.41) is 19.2. The van der Waals surface area contributed by atoms with Crippen LogP contribution in [0.3, 0.4) is 0 Å². The van der Waals surface area contributed by atoms with Gasteiger partial charge in [0, 0.05) is 18.6 Å². The van der Waals surface area contributed by atoms with Gasteiger partial charge in [0.05, 0.1) is 0 Å². The van der Waals surface area contributed by atoms with Crippen molar-refractivity contribution in [2.24, 2.45) is 0 Å². The van der Waals surface area contributed by atoms with Gasteiger partial charge in [0.1, 0.15) is 24.7 Å². The van der Waals surface area contributed by atoms with E-state index in [1.807, 2.05) is 62.4 Å². The van der Waals surface area contributed by atoms with E-state index in [-0.39, 0.29) is 18.6 Å². The highest BCUT2D eigenvalue weighted by Gasteiger charge is 2.23. The number of aliphatic hydroxyl groups excluding tert-OH is 2. The van der Waals surface area contributed by atoms with Crippen LogP contribution in [0.25, 0.3) is 0 Å². The zero-order chi connectivity index (χ0) is 21.3. The van der Waals surface area contributed by atoms with E-state index in [1.165, 1.54) is 0 Å². The van der Waals surface area contributed by atoms with Crippen LogP contribution in [0.1, 0.15) is 38.8 Å². The molecule has 2 aromatic carbocycles. The summed E-state index contributed by atoms with van der Waals surface area (Å²) < 4.78 is 21.2. The largest absolute Gasteiger partial charge is 0.488 e. The molecule has 0 fully saturated rings. The average molecular weight is 405 g/mol. The highest BCUT2D eigenvalue weighted by atomic mass is 16.6. The third-order valence-corrected chi connectivity index (χ3v) is 4.66. The van der Waals surface area contributed by atoms with Crippen LogP contribution < -0.4 is 9.47 Å². The summed E-state index contributed by atoms with van der Waals surface area (Å²) >= 11 is 0. The maximum Gasteiger partial charge on any atom is 0.189 e. The van der Waals surface area contributed by atoms with Crippen LogP contribution in [-0.4, -0.2) is 49.2 Å². The van der Waals surface area contributed by atoms with Crippen molar-refractivity contribution in [3.8, 4) is 11.5 Å². The fourth-order valence-corrected chi connectivity index (χ4v) is 2.92. The van der Waals surface area contributed by atoms with Gasteiger partial charge in [-0.05, 0) is 49.2 Å². The quantitative estimate of drug-likeness (QED) is 0.528. The molecule has 6 nitrogen and oxygen atoms in total. The average Bonchev–Trinajstić information content (AvgIpc) is 2.72.